The third kappa shape index (κ3) is 10.5. The first-order valence-electron chi connectivity index (χ1n) is 11.2. The molecule has 0 aliphatic rings. The maximum Gasteiger partial charge on any atom is 0.311 e. The summed E-state index contributed by atoms with van der Waals surface area (Å²) < 4.78 is 11.3. The lowest BCUT2D eigenvalue weighted by molar-refractivity contribution is -0.137. The molecular formula is C25H40O4. The van der Waals surface area contributed by atoms with Gasteiger partial charge in [0.1, 0.15) is 0 Å². The number of carbonyl (C=O) groups excluding carboxylic acids is 2. The molecule has 0 saturated carbocycles. The minimum Gasteiger partial charge on any atom is -0.423 e. The summed E-state index contributed by atoms with van der Waals surface area (Å²) in [5, 5.41) is 0. The van der Waals surface area contributed by atoms with E-state index in [2.05, 4.69) is 27.7 Å². The first-order chi connectivity index (χ1) is 13.7. The molecule has 164 valence electrons. The Morgan fingerprint density at radius 1 is 0.759 bits per heavy atom. The Hall–Kier alpha value is -1.84. The third-order valence-electron chi connectivity index (χ3n) is 4.90. The van der Waals surface area contributed by atoms with Crippen LogP contribution in [0, 0.1) is 11.8 Å². The molecule has 0 aliphatic carbocycles. The predicted molar refractivity (Wildman–Crippen MR) is 118 cm³/mol. The highest BCUT2D eigenvalue weighted by atomic mass is 16.6. The van der Waals surface area contributed by atoms with Gasteiger partial charge < -0.3 is 9.47 Å². The molecule has 0 amide bonds. The summed E-state index contributed by atoms with van der Waals surface area (Å²) in [6.07, 6.45) is 6.61. The number of rotatable bonds is 13. The second kappa shape index (κ2) is 13.4. The average molecular weight is 405 g/mol. The first kappa shape index (κ1) is 25.2. The van der Waals surface area contributed by atoms with Crippen LogP contribution >= 0.6 is 0 Å². The molecule has 0 heterocycles. The lowest BCUT2D eigenvalue weighted by atomic mass is 10.0. The van der Waals surface area contributed by atoms with Crippen molar-refractivity contribution in [2.75, 3.05) is 0 Å². The van der Waals surface area contributed by atoms with Crippen LogP contribution in [0.2, 0.25) is 0 Å². The van der Waals surface area contributed by atoms with Crippen LogP contribution in [0.15, 0.2) is 18.2 Å². The minimum atomic E-state index is -0.274. The van der Waals surface area contributed by atoms with Crippen LogP contribution < -0.4 is 9.47 Å². The maximum absolute atomic E-state index is 12.4. The molecule has 0 atom stereocenters. The molecule has 1 rings (SSSR count). The molecule has 0 radical (unpaired) electrons. The van der Waals surface area contributed by atoms with Crippen LogP contribution in [0.1, 0.15) is 104 Å². The second-order valence-corrected chi connectivity index (χ2v) is 9.06. The van der Waals surface area contributed by atoms with E-state index in [1.807, 2.05) is 26.0 Å². The quantitative estimate of drug-likeness (QED) is 0.201. The summed E-state index contributed by atoms with van der Waals surface area (Å²) in [7, 11) is 0. The van der Waals surface area contributed by atoms with Gasteiger partial charge in [0.2, 0.25) is 0 Å². The highest BCUT2D eigenvalue weighted by Gasteiger charge is 2.19. The van der Waals surface area contributed by atoms with E-state index in [1.54, 1.807) is 6.07 Å². The fraction of sp³-hybridized carbons (Fsp3) is 0.680. The van der Waals surface area contributed by atoms with Gasteiger partial charge in [-0.1, -0.05) is 79.4 Å². The van der Waals surface area contributed by atoms with E-state index in [0.717, 1.165) is 44.1 Å². The number of hydrogen-bond acceptors (Lipinski definition) is 4. The van der Waals surface area contributed by atoms with Crippen LogP contribution in [0.4, 0.5) is 0 Å². The van der Waals surface area contributed by atoms with Gasteiger partial charge in [0.25, 0.3) is 0 Å². The van der Waals surface area contributed by atoms with E-state index >= 15 is 0 Å². The Labute approximate surface area is 177 Å². The largest absolute Gasteiger partial charge is 0.423 e. The number of esters is 2. The Bertz CT molecular complexity index is 632. The third-order valence-corrected chi connectivity index (χ3v) is 4.90. The summed E-state index contributed by atoms with van der Waals surface area (Å²) in [5.74, 6) is 1.63. The Balaban J connectivity index is 2.74. The van der Waals surface area contributed by atoms with E-state index in [9.17, 15) is 9.59 Å². The van der Waals surface area contributed by atoms with Gasteiger partial charge in [0.05, 0.1) is 0 Å². The van der Waals surface area contributed by atoms with Gasteiger partial charge in [-0.15, -0.1) is 0 Å². The highest BCUT2D eigenvalue weighted by Crippen LogP contribution is 2.36. The first-order valence-corrected chi connectivity index (χ1v) is 11.2. The SMILES string of the molecule is CC(C)CCCCC(=O)Oc1cccc(C(C)C)c1OC(=O)CCCCC(C)C. The summed E-state index contributed by atoms with van der Waals surface area (Å²) in [6, 6.07) is 5.47. The van der Waals surface area contributed by atoms with Gasteiger partial charge in [-0.05, 0) is 36.7 Å². The fourth-order valence-corrected chi connectivity index (χ4v) is 3.16. The van der Waals surface area contributed by atoms with Crippen LogP contribution in [-0.2, 0) is 9.59 Å². The molecule has 0 saturated heterocycles. The van der Waals surface area contributed by atoms with E-state index in [0.29, 0.717) is 36.2 Å². The lowest BCUT2D eigenvalue weighted by Gasteiger charge is -2.16. The van der Waals surface area contributed by atoms with Crippen molar-refractivity contribution in [1.29, 1.82) is 0 Å². The molecule has 29 heavy (non-hydrogen) atoms. The Morgan fingerprint density at radius 3 is 1.76 bits per heavy atom. The minimum absolute atomic E-state index is 0.156. The second-order valence-electron chi connectivity index (χ2n) is 9.06. The van der Waals surface area contributed by atoms with Crippen molar-refractivity contribution in [3.05, 3.63) is 23.8 Å². The van der Waals surface area contributed by atoms with Gasteiger partial charge in [0.15, 0.2) is 11.5 Å². The molecule has 0 fully saturated rings. The van der Waals surface area contributed by atoms with Gasteiger partial charge in [-0.2, -0.15) is 0 Å². The molecule has 1 aromatic rings. The van der Waals surface area contributed by atoms with Crippen molar-refractivity contribution >= 4 is 11.9 Å². The standard InChI is InChI=1S/C25H40O4/c1-18(2)12-7-9-16-23(26)28-22-15-11-14-21(20(5)6)25(22)29-24(27)17-10-8-13-19(3)4/h11,14-15,18-20H,7-10,12-13,16-17H2,1-6H3. The van der Waals surface area contributed by atoms with Crippen molar-refractivity contribution in [1.82, 2.24) is 0 Å². The van der Waals surface area contributed by atoms with Crippen LogP contribution in [-0.4, -0.2) is 11.9 Å². The zero-order valence-electron chi connectivity index (χ0n) is 19.3. The number of carbonyl (C=O) groups is 2. The topological polar surface area (TPSA) is 52.6 Å². The Morgan fingerprint density at radius 2 is 1.28 bits per heavy atom. The molecule has 0 unspecified atom stereocenters. The summed E-state index contributed by atoms with van der Waals surface area (Å²) >= 11 is 0. The normalized spacial score (nSPS) is 11.3. The van der Waals surface area contributed by atoms with E-state index in [1.165, 1.54) is 0 Å². The van der Waals surface area contributed by atoms with Crippen LogP contribution in [0.3, 0.4) is 0 Å². The molecule has 4 nitrogen and oxygen atoms in total. The number of benzene rings is 1. The molecule has 0 spiro atoms. The molecule has 0 bridgehead atoms. The Kier molecular flexibility index (Phi) is 11.6. The van der Waals surface area contributed by atoms with Crippen molar-refractivity contribution < 1.29 is 19.1 Å². The van der Waals surface area contributed by atoms with Crippen molar-refractivity contribution in [3.63, 3.8) is 0 Å². The molecule has 0 N–H and O–H groups in total. The highest BCUT2D eigenvalue weighted by molar-refractivity contribution is 5.77. The zero-order valence-corrected chi connectivity index (χ0v) is 19.3. The molecule has 0 aromatic heterocycles. The maximum atomic E-state index is 12.4. The average Bonchev–Trinajstić information content (AvgIpc) is 2.63. The van der Waals surface area contributed by atoms with Crippen molar-refractivity contribution in [3.8, 4) is 11.5 Å². The fourth-order valence-electron chi connectivity index (χ4n) is 3.16. The predicted octanol–water partition coefficient (Wildman–Crippen LogP) is 7.05. The summed E-state index contributed by atoms with van der Waals surface area (Å²) in [5.41, 5.74) is 0.880. The van der Waals surface area contributed by atoms with Crippen molar-refractivity contribution in [2.24, 2.45) is 11.8 Å². The van der Waals surface area contributed by atoms with Crippen LogP contribution in [0.5, 0.6) is 11.5 Å². The number of ether oxygens (including phenoxy) is 2. The smallest absolute Gasteiger partial charge is 0.311 e. The van der Waals surface area contributed by atoms with E-state index < -0.39 is 0 Å². The number of para-hydroxylation sites is 1. The lowest BCUT2D eigenvalue weighted by Crippen LogP contribution is -2.14. The zero-order chi connectivity index (χ0) is 21.8. The summed E-state index contributed by atoms with van der Waals surface area (Å²) in [6.45, 7) is 12.8. The van der Waals surface area contributed by atoms with Gasteiger partial charge in [0, 0.05) is 18.4 Å². The van der Waals surface area contributed by atoms with Gasteiger partial charge in [-0.3, -0.25) is 9.59 Å². The van der Waals surface area contributed by atoms with E-state index in [-0.39, 0.29) is 17.9 Å². The molecule has 0 aliphatic heterocycles. The number of hydrogen-bond donors (Lipinski definition) is 0. The van der Waals surface area contributed by atoms with Gasteiger partial charge in [-0.25, -0.2) is 0 Å². The van der Waals surface area contributed by atoms with Gasteiger partial charge >= 0.3 is 11.9 Å². The van der Waals surface area contributed by atoms with Crippen LogP contribution in [0.25, 0.3) is 0 Å². The molecule has 4 heteroatoms. The molecular weight excluding hydrogens is 364 g/mol. The van der Waals surface area contributed by atoms with E-state index in [4.69, 9.17) is 9.47 Å². The monoisotopic (exact) mass is 404 g/mol. The molecule has 1 aromatic carbocycles. The number of unbranched alkanes of at least 4 members (excludes halogenated alkanes) is 2. The summed E-state index contributed by atoms with van der Waals surface area (Å²) in [4.78, 5) is 24.7. The van der Waals surface area contributed by atoms with Crippen molar-refractivity contribution in [2.45, 2.75) is 98.8 Å².